The van der Waals surface area contributed by atoms with Gasteiger partial charge in [-0.05, 0) is 43.6 Å². The highest BCUT2D eigenvalue weighted by atomic mass is 19.4. The molecule has 26 heavy (non-hydrogen) atoms. The van der Waals surface area contributed by atoms with E-state index in [0.29, 0.717) is 12.0 Å². The molecule has 2 atom stereocenters. The standard InChI is InChI=1S/C18H26F3N3O2/c1-17(2,3)10-13(15(22)25)23-16(26)14(24(4)5)11-6-8-12(9-7-11)18(19,20)21/h6-9,13-14H,10H2,1-5H3,(H2,22,25)(H,23,26)/t13-,14+/m0/s1. The third kappa shape index (κ3) is 6.33. The molecule has 0 aliphatic rings. The average molecular weight is 373 g/mol. The van der Waals surface area contributed by atoms with Crippen LogP contribution in [-0.4, -0.2) is 36.9 Å². The van der Waals surface area contributed by atoms with Gasteiger partial charge in [-0.1, -0.05) is 32.9 Å². The number of carbonyl (C=O) groups is 2. The predicted molar refractivity (Wildman–Crippen MR) is 93.1 cm³/mol. The number of alkyl halides is 3. The minimum absolute atomic E-state index is 0.241. The number of rotatable bonds is 6. The molecule has 0 bridgehead atoms. The summed E-state index contributed by atoms with van der Waals surface area (Å²) in [7, 11) is 3.26. The minimum Gasteiger partial charge on any atom is -0.368 e. The monoisotopic (exact) mass is 373 g/mol. The molecule has 0 unspecified atom stereocenters. The molecule has 0 aromatic heterocycles. The third-order valence-electron chi connectivity index (χ3n) is 3.79. The van der Waals surface area contributed by atoms with E-state index in [2.05, 4.69) is 5.32 Å². The first-order valence-corrected chi connectivity index (χ1v) is 8.15. The zero-order chi connectivity index (χ0) is 20.3. The van der Waals surface area contributed by atoms with E-state index in [-0.39, 0.29) is 5.41 Å². The van der Waals surface area contributed by atoms with E-state index in [1.54, 1.807) is 19.0 Å². The second-order valence-corrected chi connectivity index (χ2v) is 7.71. The van der Waals surface area contributed by atoms with E-state index < -0.39 is 35.6 Å². The molecule has 0 spiro atoms. The lowest BCUT2D eigenvalue weighted by Crippen LogP contribution is -2.49. The van der Waals surface area contributed by atoms with Gasteiger partial charge in [-0.3, -0.25) is 14.5 Å². The lowest BCUT2D eigenvalue weighted by atomic mass is 9.87. The third-order valence-corrected chi connectivity index (χ3v) is 3.79. The van der Waals surface area contributed by atoms with E-state index in [1.807, 2.05) is 20.8 Å². The van der Waals surface area contributed by atoms with Crippen molar-refractivity contribution in [2.45, 2.75) is 45.5 Å². The van der Waals surface area contributed by atoms with Crippen molar-refractivity contribution in [3.8, 4) is 0 Å². The number of likely N-dealkylation sites (N-methyl/N-ethyl adjacent to an activating group) is 1. The summed E-state index contributed by atoms with van der Waals surface area (Å²) < 4.78 is 38.1. The fourth-order valence-corrected chi connectivity index (χ4v) is 2.62. The highest BCUT2D eigenvalue weighted by Crippen LogP contribution is 2.30. The Morgan fingerprint density at radius 2 is 1.62 bits per heavy atom. The van der Waals surface area contributed by atoms with Crippen molar-refractivity contribution in [1.82, 2.24) is 10.2 Å². The van der Waals surface area contributed by atoms with Gasteiger partial charge in [0.25, 0.3) is 0 Å². The number of nitrogens with one attached hydrogen (secondary N) is 1. The van der Waals surface area contributed by atoms with Crippen LogP contribution in [-0.2, 0) is 15.8 Å². The summed E-state index contributed by atoms with van der Waals surface area (Å²) in [5.74, 6) is -1.15. The molecular formula is C18H26F3N3O2. The molecule has 0 radical (unpaired) electrons. The molecule has 1 rings (SSSR count). The Bertz CT molecular complexity index is 635. The van der Waals surface area contributed by atoms with E-state index in [4.69, 9.17) is 5.73 Å². The smallest absolute Gasteiger partial charge is 0.368 e. The van der Waals surface area contributed by atoms with Gasteiger partial charge in [0, 0.05) is 0 Å². The van der Waals surface area contributed by atoms with Crippen molar-refractivity contribution >= 4 is 11.8 Å². The maximum Gasteiger partial charge on any atom is 0.416 e. The molecule has 1 aromatic carbocycles. The normalized spacial score (nSPS) is 14.8. The number of hydrogen-bond acceptors (Lipinski definition) is 3. The van der Waals surface area contributed by atoms with Crippen molar-refractivity contribution in [2.75, 3.05) is 14.1 Å². The topological polar surface area (TPSA) is 75.4 Å². The van der Waals surface area contributed by atoms with Gasteiger partial charge in [0.05, 0.1) is 5.56 Å². The lowest BCUT2D eigenvalue weighted by molar-refractivity contribution is -0.137. The second-order valence-electron chi connectivity index (χ2n) is 7.71. The fourth-order valence-electron chi connectivity index (χ4n) is 2.62. The minimum atomic E-state index is -4.45. The number of nitrogens with zero attached hydrogens (tertiary/aromatic N) is 1. The fraction of sp³-hybridized carbons (Fsp3) is 0.556. The van der Waals surface area contributed by atoms with Gasteiger partial charge in [-0.15, -0.1) is 0 Å². The molecule has 0 saturated heterocycles. The van der Waals surface area contributed by atoms with Gasteiger partial charge in [0.2, 0.25) is 11.8 Å². The summed E-state index contributed by atoms with van der Waals surface area (Å²) in [5, 5.41) is 2.62. The first-order chi connectivity index (χ1) is 11.7. The molecular weight excluding hydrogens is 347 g/mol. The van der Waals surface area contributed by atoms with Crippen LogP contribution < -0.4 is 11.1 Å². The van der Waals surface area contributed by atoms with Crippen LogP contribution in [0, 0.1) is 5.41 Å². The Labute approximate surface area is 151 Å². The summed E-state index contributed by atoms with van der Waals surface area (Å²) in [6, 6.07) is 2.67. The van der Waals surface area contributed by atoms with Gasteiger partial charge in [-0.25, -0.2) is 0 Å². The Hall–Kier alpha value is -2.09. The number of nitrogens with two attached hydrogens (primary N) is 1. The van der Waals surface area contributed by atoms with Crippen LogP contribution in [0.25, 0.3) is 0 Å². The van der Waals surface area contributed by atoms with Crippen LogP contribution in [0.3, 0.4) is 0 Å². The molecule has 0 heterocycles. The first-order valence-electron chi connectivity index (χ1n) is 8.15. The number of halogens is 3. The summed E-state index contributed by atoms with van der Waals surface area (Å²) in [4.78, 5) is 25.9. The van der Waals surface area contributed by atoms with Crippen molar-refractivity contribution in [3.05, 3.63) is 35.4 Å². The number of benzene rings is 1. The van der Waals surface area contributed by atoms with Gasteiger partial charge in [0.1, 0.15) is 12.1 Å². The van der Waals surface area contributed by atoms with Gasteiger partial charge in [-0.2, -0.15) is 13.2 Å². The zero-order valence-electron chi connectivity index (χ0n) is 15.6. The SMILES string of the molecule is CN(C)[C@@H](C(=O)N[C@@H](CC(C)(C)C)C(N)=O)c1ccc(C(F)(F)F)cc1. The molecule has 0 aliphatic carbocycles. The Balaban J connectivity index is 3.05. The Kier molecular flexibility index (Phi) is 6.82. The summed E-state index contributed by atoms with van der Waals surface area (Å²) in [5.41, 5.74) is 4.74. The van der Waals surface area contributed by atoms with E-state index >= 15 is 0 Å². The Morgan fingerprint density at radius 1 is 1.12 bits per heavy atom. The van der Waals surface area contributed by atoms with Crippen molar-refractivity contribution in [2.24, 2.45) is 11.1 Å². The second kappa shape index (κ2) is 8.07. The van der Waals surface area contributed by atoms with Crippen LogP contribution in [0.1, 0.15) is 44.4 Å². The average Bonchev–Trinajstić information content (AvgIpc) is 2.44. The van der Waals surface area contributed by atoms with Crippen molar-refractivity contribution in [3.63, 3.8) is 0 Å². The van der Waals surface area contributed by atoms with Gasteiger partial charge < -0.3 is 11.1 Å². The Morgan fingerprint density at radius 3 is 1.96 bits per heavy atom. The van der Waals surface area contributed by atoms with Crippen LogP contribution in [0.2, 0.25) is 0 Å². The molecule has 1 aromatic rings. The molecule has 5 nitrogen and oxygen atoms in total. The van der Waals surface area contributed by atoms with E-state index in [9.17, 15) is 22.8 Å². The molecule has 0 fully saturated rings. The highest BCUT2D eigenvalue weighted by molar-refractivity contribution is 5.89. The number of amides is 2. The summed E-state index contributed by atoms with van der Waals surface area (Å²) >= 11 is 0. The summed E-state index contributed by atoms with van der Waals surface area (Å²) in [6.45, 7) is 5.73. The highest BCUT2D eigenvalue weighted by Gasteiger charge is 2.32. The molecule has 0 aliphatic heterocycles. The zero-order valence-corrected chi connectivity index (χ0v) is 15.6. The number of primary amides is 1. The molecule has 2 amide bonds. The maximum atomic E-state index is 12.7. The molecule has 8 heteroatoms. The van der Waals surface area contributed by atoms with Crippen LogP contribution >= 0.6 is 0 Å². The summed E-state index contributed by atoms with van der Waals surface area (Å²) in [6.07, 6.45) is -4.10. The molecule has 0 saturated carbocycles. The first kappa shape index (κ1) is 22.0. The predicted octanol–water partition coefficient (Wildman–Crippen LogP) is 2.71. The van der Waals surface area contributed by atoms with Gasteiger partial charge >= 0.3 is 6.18 Å². The van der Waals surface area contributed by atoms with Crippen LogP contribution in [0.4, 0.5) is 13.2 Å². The van der Waals surface area contributed by atoms with Crippen LogP contribution in [0.5, 0.6) is 0 Å². The van der Waals surface area contributed by atoms with E-state index in [1.165, 1.54) is 12.1 Å². The van der Waals surface area contributed by atoms with Crippen molar-refractivity contribution in [1.29, 1.82) is 0 Å². The molecule has 3 N–H and O–H groups in total. The molecule has 146 valence electrons. The van der Waals surface area contributed by atoms with Crippen molar-refractivity contribution < 1.29 is 22.8 Å². The van der Waals surface area contributed by atoms with Crippen LogP contribution in [0.15, 0.2) is 24.3 Å². The van der Waals surface area contributed by atoms with E-state index in [0.717, 1.165) is 12.1 Å². The quantitative estimate of drug-likeness (QED) is 0.805. The number of hydrogen-bond donors (Lipinski definition) is 2. The lowest BCUT2D eigenvalue weighted by Gasteiger charge is -2.29. The number of carbonyl (C=O) groups excluding carboxylic acids is 2. The van der Waals surface area contributed by atoms with Gasteiger partial charge in [0.15, 0.2) is 0 Å². The largest absolute Gasteiger partial charge is 0.416 e. The maximum absolute atomic E-state index is 12.7.